The fraction of sp³-hybridized carbons (Fsp3) is 0. The van der Waals surface area contributed by atoms with E-state index in [0.29, 0.717) is 11.4 Å². The van der Waals surface area contributed by atoms with Crippen LogP contribution >= 0.6 is 0 Å². The fourth-order valence-corrected chi connectivity index (χ4v) is 2.27. The lowest BCUT2D eigenvalue weighted by atomic mass is 10.1. The third-order valence-electron chi connectivity index (χ3n) is 3.35. The maximum absolute atomic E-state index is 11.9. The Bertz CT molecular complexity index is 884. The van der Waals surface area contributed by atoms with Gasteiger partial charge in [0, 0.05) is 0 Å². The number of nitrogens with one attached hydrogen (secondary N) is 3. The zero-order chi connectivity index (χ0) is 17.2. The van der Waals surface area contributed by atoms with Crippen molar-refractivity contribution in [1.29, 1.82) is 0 Å². The molecule has 0 radical (unpaired) electrons. The van der Waals surface area contributed by atoms with E-state index < -0.39 is 11.8 Å². The first kappa shape index (κ1) is 14.6. The molecule has 3 N–H and O–H groups in total. The maximum Gasteiger partial charge on any atom is 0.259 e. The van der Waals surface area contributed by atoms with E-state index in [9.17, 15) is 9.59 Å². The number of carbonyl (C=O) groups is 2. The number of rotatable bonds is 4. The summed E-state index contributed by atoms with van der Waals surface area (Å²) in [6.45, 7) is 0. The van der Waals surface area contributed by atoms with Crippen LogP contribution in [-0.2, 0) is 0 Å². The van der Waals surface area contributed by atoms with Crippen LogP contribution < -0.4 is 16.0 Å². The molecule has 25 heavy (non-hydrogen) atoms. The topological polar surface area (TPSA) is 148 Å². The van der Waals surface area contributed by atoms with Crippen LogP contribution in [0.1, 0.15) is 20.7 Å². The third kappa shape index (κ3) is 2.81. The van der Waals surface area contributed by atoms with Gasteiger partial charge in [-0.1, -0.05) is 0 Å². The van der Waals surface area contributed by atoms with Gasteiger partial charge in [-0.05, 0) is 12.1 Å². The summed E-state index contributed by atoms with van der Waals surface area (Å²) < 4.78 is 0. The first-order chi connectivity index (χ1) is 12.2. The molecule has 11 heteroatoms. The minimum atomic E-state index is -0.467. The molecule has 0 saturated carbocycles. The number of aromatic nitrogens is 6. The van der Waals surface area contributed by atoms with Crippen molar-refractivity contribution in [3.05, 3.63) is 48.6 Å². The van der Waals surface area contributed by atoms with E-state index in [1.807, 2.05) is 0 Å². The molecule has 1 aromatic carbocycles. The molecule has 0 saturated heterocycles. The molecule has 4 rings (SSSR count). The van der Waals surface area contributed by atoms with Gasteiger partial charge in [0.1, 0.15) is 25.3 Å². The number of hydrogen-bond donors (Lipinski definition) is 3. The molecule has 2 aromatic heterocycles. The second kappa shape index (κ2) is 5.88. The quantitative estimate of drug-likeness (QED) is 0.573. The Morgan fingerprint density at radius 1 is 0.680 bits per heavy atom. The minimum absolute atomic E-state index is 0.253. The molecule has 3 heterocycles. The van der Waals surface area contributed by atoms with Crippen LogP contribution in [-0.4, -0.2) is 41.7 Å². The summed E-state index contributed by atoms with van der Waals surface area (Å²) in [5.74, 6) is -0.382. The molecule has 0 aliphatic carbocycles. The Kier molecular flexibility index (Phi) is 3.43. The molecule has 1 aliphatic heterocycles. The van der Waals surface area contributed by atoms with E-state index in [-0.39, 0.29) is 23.0 Å². The SMILES string of the molecule is O=C1NC(=O)c2cc(Nc3ncncn3)c(Nc3ncncn3)cc21. The second-order valence-corrected chi connectivity index (χ2v) is 4.90. The second-order valence-electron chi connectivity index (χ2n) is 4.90. The van der Waals surface area contributed by atoms with Crippen LogP contribution in [0.3, 0.4) is 0 Å². The van der Waals surface area contributed by atoms with E-state index in [2.05, 4.69) is 45.9 Å². The molecule has 0 atom stereocenters. The third-order valence-corrected chi connectivity index (χ3v) is 3.35. The number of carbonyl (C=O) groups excluding carboxylic acids is 2. The lowest BCUT2D eigenvalue weighted by Crippen LogP contribution is -2.19. The predicted octanol–water partition coefficient (Wildman–Crippen LogP) is 0.427. The highest BCUT2D eigenvalue weighted by Crippen LogP contribution is 2.31. The van der Waals surface area contributed by atoms with E-state index in [1.54, 1.807) is 0 Å². The Hall–Kier alpha value is -4.02. The first-order valence-electron chi connectivity index (χ1n) is 7.02. The highest BCUT2D eigenvalue weighted by molar-refractivity contribution is 6.22. The minimum Gasteiger partial charge on any atom is -0.322 e. The smallest absolute Gasteiger partial charge is 0.259 e. The van der Waals surface area contributed by atoms with Crippen molar-refractivity contribution in [2.75, 3.05) is 10.6 Å². The molecule has 0 unspecified atom stereocenters. The molecule has 1 aliphatic rings. The van der Waals surface area contributed by atoms with Crippen LogP contribution in [0.25, 0.3) is 0 Å². The molecule has 0 spiro atoms. The molecule has 0 bridgehead atoms. The summed E-state index contributed by atoms with van der Waals surface area (Å²) in [7, 11) is 0. The zero-order valence-electron chi connectivity index (χ0n) is 12.5. The van der Waals surface area contributed by atoms with Crippen LogP contribution in [0.15, 0.2) is 37.4 Å². The van der Waals surface area contributed by atoms with E-state index >= 15 is 0 Å². The normalized spacial score (nSPS) is 12.5. The Morgan fingerprint density at radius 3 is 1.48 bits per heavy atom. The van der Waals surface area contributed by atoms with Gasteiger partial charge in [0.25, 0.3) is 11.8 Å². The average Bonchev–Trinajstić information content (AvgIpc) is 2.90. The molecule has 0 fully saturated rings. The van der Waals surface area contributed by atoms with Crippen LogP contribution in [0.2, 0.25) is 0 Å². The summed E-state index contributed by atoms with van der Waals surface area (Å²) in [5, 5.41) is 8.19. The Balaban J connectivity index is 1.78. The monoisotopic (exact) mass is 335 g/mol. The number of imide groups is 1. The largest absolute Gasteiger partial charge is 0.322 e. The molecule has 11 nitrogen and oxygen atoms in total. The zero-order valence-corrected chi connectivity index (χ0v) is 12.5. The summed E-state index contributed by atoms with van der Waals surface area (Å²) >= 11 is 0. The van der Waals surface area contributed by atoms with Crippen molar-refractivity contribution in [1.82, 2.24) is 35.2 Å². The standard InChI is InChI=1S/C14H9N9O2/c24-11-7-1-9(21-13-17-3-15-4-18-13)10(2-8(7)12(25)23-11)22-14-19-5-16-6-20-14/h1-6H,(H,23,24,25)(H,15,17,18,21)(H,16,19,20,22). The van der Waals surface area contributed by atoms with Gasteiger partial charge in [0.2, 0.25) is 11.9 Å². The number of anilines is 4. The highest BCUT2D eigenvalue weighted by Gasteiger charge is 2.28. The summed E-state index contributed by atoms with van der Waals surface area (Å²) in [5.41, 5.74) is 1.44. The summed E-state index contributed by atoms with van der Waals surface area (Å²) in [6.07, 6.45) is 5.33. The molecule has 3 aromatic rings. The average molecular weight is 335 g/mol. The molecular weight excluding hydrogens is 326 g/mol. The van der Waals surface area contributed by atoms with Gasteiger partial charge in [-0.15, -0.1) is 0 Å². The van der Waals surface area contributed by atoms with Gasteiger partial charge in [0.05, 0.1) is 22.5 Å². The van der Waals surface area contributed by atoms with Gasteiger partial charge < -0.3 is 10.6 Å². The maximum atomic E-state index is 11.9. The molecule has 122 valence electrons. The van der Waals surface area contributed by atoms with Crippen molar-refractivity contribution in [3.63, 3.8) is 0 Å². The number of benzene rings is 1. The van der Waals surface area contributed by atoms with Crippen molar-refractivity contribution in [2.45, 2.75) is 0 Å². The number of hydrogen-bond acceptors (Lipinski definition) is 10. The van der Waals surface area contributed by atoms with E-state index in [4.69, 9.17) is 0 Å². The van der Waals surface area contributed by atoms with Crippen LogP contribution in [0.4, 0.5) is 23.3 Å². The van der Waals surface area contributed by atoms with Crippen molar-refractivity contribution in [2.24, 2.45) is 0 Å². The lowest BCUT2D eigenvalue weighted by Gasteiger charge is -2.13. The van der Waals surface area contributed by atoms with Crippen LogP contribution in [0, 0.1) is 0 Å². The summed E-state index contributed by atoms with van der Waals surface area (Å²) in [4.78, 5) is 47.2. The Morgan fingerprint density at radius 2 is 1.08 bits per heavy atom. The van der Waals surface area contributed by atoms with Crippen molar-refractivity contribution < 1.29 is 9.59 Å². The van der Waals surface area contributed by atoms with Crippen molar-refractivity contribution >= 4 is 35.1 Å². The van der Waals surface area contributed by atoms with Gasteiger partial charge in [0.15, 0.2) is 0 Å². The summed E-state index contributed by atoms with van der Waals surface area (Å²) in [6, 6.07) is 3.06. The highest BCUT2D eigenvalue weighted by atomic mass is 16.2. The number of nitrogens with zero attached hydrogens (tertiary/aromatic N) is 6. The fourth-order valence-electron chi connectivity index (χ4n) is 2.27. The van der Waals surface area contributed by atoms with Crippen LogP contribution in [0.5, 0.6) is 0 Å². The lowest BCUT2D eigenvalue weighted by molar-refractivity contribution is 0.0879. The van der Waals surface area contributed by atoms with E-state index in [0.717, 1.165) is 0 Å². The van der Waals surface area contributed by atoms with Gasteiger partial charge in [-0.25, -0.2) is 29.9 Å². The molecule has 2 amide bonds. The molecular formula is C14H9N9O2. The van der Waals surface area contributed by atoms with Gasteiger partial charge >= 0.3 is 0 Å². The van der Waals surface area contributed by atoms with Crippen molar-refractivity contribution in [3.8, 4) is 0 Å². The van der Waals surface area contributed by atoms with E-state index in [1.165, 1.54) is 37.4 Å². The number of amides is 2. The van der Waals surface area contributed by atoms with Gasteiger partial charge in [-0.3, -0.25) is 14.9 Å². The predicted molar refractivity (Wildman–Crippen MR) is 84.5 cm³/mol. The van der Waals surface area contributed by atoms with Gasteiger partial charge in [-0.2, -0.15) is 0 Å². The Labute approximate surface area is 140 Å². The number of fused-ring (bicyclic) bond motifs is 1. The first-order valence-corrected chi connectivity index (χ1v) is 7.02.